The second-order valence-corrected chi connectivity index (χ2v) is 16.2. The van der Waals surface area contributed by atoms with Crippen molar-refractivity contribution in [2.75, 3.05) is 25.1 Å². The van der Waals surface area contributed by atoms with Gasteiger partial charge < -0.3 is 64.0 Å². The molecule has 7 amide bonds. The molecular weight excluding hydrogens is 831 g/mol. The third-order valence-corrected chi connectivity index (χ3v) is 9.97. The number of carbonyl (C=O) groups excluding carboxylic acids is 7. The summed E-state index contributed by atoms with van der Waals surface area (Å²) in [6.07, 6.45) is 0.777. The van der Waals surface area contributed by atoms with E-state index < -0.39 is 108 Å². The molecule has 1 rings (SSSR count). The molecule has 0 bridgehead atoms. The van der Waals surface area contributed by atoms with Crippen LogP contribution in [-0.2, 0) is 49.6 Å². The van der Waals surface area contributed by atoms with E-state index in [1.807, 2.05) is 0 Å². The Labute approximate surface area is 365 Å². The normalized spacial score (nSPS) is 14.9. The van der Waals surface area contributed by atoms with Gasteiger partial charge in [-0.15, -0.1) is 0 Å². The van der Waals surface area contributed by atoms with Crippen molar-refractivity contribution in [2.45, 2.75) is 127 Å². The molecule has 0 fully saturated rings. The number of unbranched alkanes of at least 4 members (excludes halogenated alkanes) is 1. The minimum Gasteiger partial charge on any atom is -0.481 e. The van der Waals surface area contributed by atoms with Gasteiger partial charge in [0.25, 0.3) is 0 Å². The summed E-state index contributed by atoms with van der Waals surface area (Å²) in [6, 6.07) is -0.373. The van der Waals surface area contributed by atoms with Gasteiger partial charge in [-0.3, -0.25) is 38.4 Å². The molecule has 0 aliphatic carbocycles. The van der Waals surface area contributed by atoms with Crippen LogP contribution < -0.4 is 48.7 Å². The maximum atomic E-state index is 13.8. The van der Waals surface area contributed by atoms with Crippen molar-refractivity contribution in [1.82, 2.24) is 37.2 Å². The first kappa shape index (κ1) is 54.7. The highest BCUT2D eigenvalue weighted by Crippen LogP contribution is 2.10. The van der Waals surface area contributed by atoms with Gasteiger partial charge in [-0.2, -0.15) is 11.8 Å². The van der Waals surface area contributed by atoms with Crippen molar-refractivity contribution in [3.8, 4) is 0 Å². The van der Waals surface area contributed by atoms with Gasteiger partial charge >= 0.3 is 11.9 Å². The predicted molar refractivity (Wildman–Crippen MR) is 230 cm³/mol. The van der Waals surface area contributed by atoms with E-state index in [1.54, 1.807) is 50.4 Å². The number of carboxylic acids is 2. The molecule has 0 radical (unpaired) electrons. The van der Waals surface area contributed by atoms with E-state index in [1.165, 1.54) is 25.6 Å². The number of nitrogens with two attached hydrogens (primary N) is 2. The highest BCUT2D eigenvalue weighted by molar-refractivity contribution is 7.98. The molecule has 62 heavy (non-hydrogen) atoms. The summed E-state index contributed by atoms with van der Waals surface area (Å²) in [7, 11) is 0. The second kappa shape index (κ2) is 29.1. The van der Waals surface area contributed by atoms with Crippen LogP contribution in [-0.4, -0.2) is 142 Å². The molecule has 0 saturated carbocycles. The van der Waals surface area contributed by atoms with Gasteiger partial charge in [-0.1, -0.05) is 44.2 Å². The third kappa shape index (κ3) is 21.5. The number of nitrogens with one attached hydrogen (secondary N) is 7. The first-order valence-electron chi connectivity index (χ1n) is 20.4. The smallest absolute Gasteiger partial charge is 0.326 e. The molecule has 1 aromatic carbocycles. The van der Waals surface area contributed by atoms with Crippen molar-refractivity contribution < 1.29 is 58.5 Å². The van der Waals surface area contributed by atoms with Gasteiger partial charge in [0.2, 0.25) is 41.4 Å². The molecule has 0 aliphatic rings. The Balaban J connectivity index is 3.11. The summed E-state index contributed by atoms with van der Waals surface area (Å²) in [5, 5.41) is 46.5. The molecule has 0 aliphatic heterocycles. The molecule has 22 heteroatoms. The molecule has 8 atom stereocenters. The number of thioether (sulfide) groups is 1. The lowest BCUT2D eigenvalue weighted by molar-refractivity contribution is -0.141. The van der Waals surface area contributed by atoms with Crippen molar-refractivity contribution in [3.05, 3.63) is 35.9 Å². The van der Waals surface area contributed by atoms with E-state index in [0.29, 0.717) is 24.2 Å². The molecule has 0 unspecified atom stereocenters. The lowest BCUT2D eigenvalue weighted by Crippen LogP contribution is -2.61. The topological polar surface area (TPSA) is 351 Å². The number of rotatable bonds is 30. The zero-order valence-corrected chi connectivity index (χ0v) is 36.8. The number of benzene rings is 1. The molecule has 348 valence electrons. The Hall–Kier alpha value is -5.32. The van der Waals surface area contributed by atoms with Crippen LogP contribution in [0, 0.1) is 5.92 Å². The first-order valence-corrected chi connectivity index (χ1v) is 21.8. The van der Waals surface area contributed by atoms with E-state index in [4.69, 9.17) is 16.6 Å². The van der Waals surface area contributed by atoms with Gasteiger partial charge in [0.05, 0.1) is 18.7 Å². The molecule has 0 heterocycles. The fourth-order valence-electron chi connectivity index (χ4n) is 5.84. The highest BCUT2D eigenvalue weighted by Gasteiger charge is 2.34. The van der Waals surface area contributed by atoms with Crippen molar-refractivity contribution >= 4 is 65.1 Å². The molecule has 0 aromatic heterocycles. The molecule has 1 aromatic rings. The zero-order chi connectivity index (χ0) is 46.9. The van der Waals surface area contributed by atoms with Crippen LogP contribution in [0.4, 0.5) is 0 Å². The number of aliphatic hydroxyl groups excluding tert-OH is 1. The Bertz CT molecular complexity index is 1650. The van der Waals surface area contributed by atoms with E-state index in [9.17, 15) is 53.4 Å². The monoisotopic (exact) mass is 895 g/mol. The number of hydrogen-bond acceptors (Lipinski definition) is 13. The van der Waals surface area contributed by atoms with Crippen molar-refractivity contribution in [3.63, 3.8) is 0 Å². The SMILES string of the molecule is CSCC[C@H](NC(=O)[C@H](C)NC(=O)[C@@H](N)CCC(=O)O)C(=O)N[C@H](C(=O)N[C@@H](CCCCN)C(=O)N[C@@H](CC(C)C)C(=O)NCC(=O)N[C@@H](Cc1ccccc1)C(=O)O)[C@@H](C)O. The summed E-state index contributed by atoms with van der Waals surface area (Å²) in [4.78, 5) is 115. The molecule has 14 N–H and O–H groups in total. The standard InChI is InChI=1S/C40H65N9O12S/c1-22(2)19-29(36(56)43-21-31(51)45-30(40(60)61)20-25-11-7-6-8-12-25)48-37(57)27(13-9-10-17-41)47-39(59)33(24(4)50)49-38(58)28(16-18-62-5)46-34(54)23(3)44-35(55)26(42)14-15-32(52)53/h6-8,11-12,22-24,26-30,33,50H,9-10,13-21,41-42H2,1-5H3,(H,43,56)(H,44,55)(H,45,51)(H,46,54)(H,47,59)(H,48,57)(H,49,58)(H,52,53)(H,60,61)/t23-,24+,26-,27-,28-,29-,30-,33-/m0/s1. The van der Waals surface area contributed by atoms with E-state index >= 15 is 0 Å². The van der Waals surface area contributed by atoms with Crippen LogP contribution in [0.15, 0.2) is 30.3 Å². The molecule has 0 spiro atoms. The van der Waals surface area contributed by atoms with Crippen LogP contribution in [0.3, 0.4) is 0 Å². The number of hydrogen-bond donors (Lipinski definition) is 12. The average Bonchev–Trinajstić information content (AvgIpc) is 3.21. The number of amides is 7. The lowest BCUT2D eigenvalue weighted by atomic mass is 10.0. The van der Waals surface area contributed by atoms with Crippen molar-refractivity contribution in [2.24, 2.45) is 17.4 Å². The summed E-state index contributed by atoms with van der Waals surface area (Å²) in [6.45, 7) is 5.83. The summed E-state index contributed by atoms with van der Waals surface area (Å²) >= 11 is 1.36. The fraction of sp³-hybridized carbons (Fsp3) is 0.625. The van der Waals surface area contributed by atoms with Gasteiger partial charge in [0.15, 0.2) is 0 Å². The van der Waals surface area contributed by atoms with Crippen LogP contribution >= 0.6 is 11.8 Å². The van der Waals surface area contributed by atoms with E-state index in [-0.39, 0.29) is 51.0 Å². The maximum absolute atomic E-state index is 13.8. The average molecular weight is 896 g/mol. The maximum Gasteiger partial charge on any atom is 0.326 e. The predicted octanol–water partition coefficient (Wildman–Crippen LogP) is -2.14. The van der Waals surface area contributed by atoms with Gasteiger partial charge in [0, 0.05) is 12.8 Å². The summed E-state index contributed by atoms with van der Waals surface area (Å²) < 4.78 is 0. The zero-order valence-electron chi connectivity index (χ0n) is 35.9. The highest BCUT2D eigenvalue weighted by atomic mass is 32.2. The van der Waals surface area contributed by atoms with E-state index in [2.05, 4.69) is 37.2 Å². The third-order valence-electron chi connectivity index (χ3n) is 9.32. The molecule has 21 nitrogen and oxygen atoms in total. The second-order valence-electron chi connectivity index (χ2n) is 15.2. The number of carboxylic acid groups (broad SMARTS) is 2. The number of aliphatic hydroxyl groups is 1. The van der Waals surface area contributed by atoms with E-state index in [0.717, 1.165) is 0 Å². The van der Waals surface area contributed by atoms with Gasteiger partial charge in [-0.05, 0) is 82.4 Å². The quantitative estimate of drug-likeness (QED) is 0.0367. The van der Waals surface area contributed by atoms with Crippen LogP contribution in [0.25, 0.3) is 0 Å². The minimum absolute atomic E-state index is 0.00391. The van der Waals surface area contributed by atoms with Crippen LogP contribution in [0.5, 0.6) is 0 Å². The first-order chi connectivity index (χ1) is 29.2. The lowest BCUT2D eigenvalue weighted by Gasteiger charge is -2.28. The fourth-order valence-corrected chi connectivity index (χ4v) is 6.31. The van der Waals surface area contributed by atoms with Gasteiger partial charge in [0.1, 0.15) is 36.3 Å². The van der Waals surface area contributed by atoms with Crippen LogP contribution in [0.1, 0.15) is 78.2 Å². The largest absolute Gasteiger partial charge is 0.481 e. The molecule has 0 saturated heterocycles. The Morgan fingerprint density at radius 2 is 1.27 bits per heavy atom. The summed E-state index contributed by atoms with van der Waals surface area (Å²) in [5.41, 5.74) is 12.1. The summed E-state index contributed by atoms with van der Waals surface area (Å²) in [5.74, 6) is -7.87. The minimum atomic E-state index is -1.63. The number of carbonyl (C=O) groups is 9. The van der Waals surface area contributed by atoms with Gasteiger partial charge in [-0.25, -0.2) is 4.79 Å². The molecular formula is C40H65N9O12S. The Morgan fingerprint density at radius 3 is 1.84 bits per heavy atom. The Morgan fingerprint density at radius 1 is 0.677 bits per heavy atom. The number of aliphatic carboxylic acids is 2. The Kier molecular flexibility index (Phi) is 25.6. The van der Waals surface area contributed by atoms with Crippen molar-refractivity contribution in [1.29, 1.82) is 0 Å². The van der Waals surface area contributed by atoms with Crippen LogP contribution in [0.2, 0.25) is 0 Å².